The molecule has 1 aromatic carbocycles. The fourth-order valence-electron chi connectivity index (χ4n) is 4.05. The summed E-state index contributed by atoms with van der Waals surface area (Å²) in [5, 5.41) is 12.8. The fourth-order valence-corrected chi connectivity index (χ4v) is 5.20. The van der Waals surface area contributed by atoms with Gasteiger partial charge in [0.1, 0.15) is 11.4 Å². The van der Waals surface area contributed by atoms with Gasteiger partial charge in [-0.05, 0) is 55.9 Å². The first-order chi connectivity index (χ1) is 16.2. The van der Waals surface area contributed by atoms with Gasteiger partial charge < -0.3 is 15.2 Å². The number of nitrogens with zero attached hydrogens (tertiary/aromatic N) is 2. The first kappa shape index (κ1) is 24.1. The molecular formula is C23H22F3N3O4S. The highest BCUT2D eigenvalue weighted by molar-refractivity contribution is 7.18. The minimum Gasteiger partial charge on any atom is -0.465 e. The third kappa shape index (κ3) is 5.05. The Labute approximate surface area is 197 Å². The third-order valence-corrected chi connectivity index (χ3v) is 7.10. The summed E-state index contributed by atoms with van der Waals surface area (Å²) in [6.07, 6.45) is -1.06. The third-order valence-electron chi connectivity index (χ3n) is 5.92. The number of ether oxygens (including phenoxy) is 1. The van der Waals surface area contributed by atoms with E-state index in [9.17, 15) is 27.9 Å². The van der Waals surface area contributed by atoms with Gasteiger partial charge in [-0.3, -0.25) is 4.79 Å². The summed E-state index contributed by atoms with van der Waals surface area (Å²) in [4.78, 5) is 33.1. The van der Waals surface area contributed by atoms with E-state index in [0.29, 0.717) is 11.4 Å². The van der Waals surface area contributed by atoms with Gasteiger partial charge in [-0.15, -0.1) is 11.3 Å². The number of rotatable bonds is 5. The van der Waals surface area contributed by atoms with Crippen LogP contribution in [0.3, 0.4) is 0 Å². The molecule has 1 saturated carbocycles. The van der Waals surface area contributed by atoms with Crippen LogP contribution in [-0.2, 0) is 10.9 Å². The summed E-state index contributed by atoms with van der Waals surface area (Å²) >= 11 is 1.44. The van der Waals surface area contributed by atoms with Crippen molar-refractivity contribution in [3.05, 3.63) is 52.3 Å². The number of alkyl halides is 3. The lowest BCUT2D eigenvalue weighted by Gasteiger charge is -2.25. The van der Waals surface area contributed by atoms with E-state index in [4.69, 9.17) is 4.74 Å². The number of benzene rings is 1. The van der Waals surface area contributed by atoms with Crippen LogP contribution in [0.25, 0.3) is 10.2 Å². The number of thiazole rings is 1. The Morgan fingerprint density at radius 3 is 2.56 bits per heavy atom. The summed E-state index contributed by atoms with van der Waals surface area (Å²) in [5.74, 6) is -1.05. The van der Waals surface area contributed by atoms with Gasteiger partial charge in [0, 0.05) is 12.5 Å². The normalized spacial score (nSPS) is 18.6. The number of carbonyl (C=O) groups is 2. The highest BCUT2D eigenvalue weighted by atomic mass is 32.1. The van der Waals surface area contributed by atoms with Crippen molar-refractivity contribution in [1.82, 2.24) is 9.97 Å². The largest absolute Gasteiger partial charge is 0.465 e. The minimum absolute atomic E-state index is 0.0381. The number of methoxy groups -OCH3 is 1. The quantitative estimate of drug-likeness (QED) is 0.485. The molecule has 0 unspecified atom stereocenters. The van der Waals surface area contributed by atoms with Crippen LogP contribution in [0.2, 0.25) is 0 Å². The number of aromatic nitrogens is 2. The molecule has 2 aromatic heterocycles. The predicted octanol–water partition coefficient (Wildman–Crippen LogP) is 5.02. The van der Waals surface area contributed by atoms with E-state index in [-0.39, 0.29) is 23.8 Å². The average molecular weight is 494 g/mol. The Hall–Kier alpha value is -3.05. The van der Waals surface area contributed by atoms with E-state index in [1.54, 1.807) is 6.07 Å². The molecule has 0 aliphatic heterocycles. The lowest BCUT2D eigenvalue weighted by Crippen LogP contribution is -2.18. The monoisotopic (exact) mass is 493 g/mol. The Morgan fingerprint density at radius 1 is 1.18 bits per heavy atom. The smallest absolute Gasteiger partial charge is 0.433 e. The first-order valence-electron chi connectivity index (χ1n) is 10.7. The van der Waals surface area contributed by atoms with Gasteiger partial charge in [0.15, 0.2) is 0 Å². The van der Waals surface area contributed by atoms with Crippen molar-refractivity contribution >= 4 is 39.1 Å². The Kier molecular flexibility index (Phi) is 6.85. The molecular weight excluding hydrogens is 471 g/mol. The van der Waals surface area contributed by atoms with Crippen LogP contribution < -0.4 is 5.32 Å². The van der Waals surface area contributed by atoms with Crippen LogP contribution in [-0.4, -0.2) is 40.7 Å². The molecule has 0 atom stereocenters. The van der Waals surface area contributed by atoms with Crippen LogP contribution >= 0.6 is 11.3 Å². The van der Waals surface area contributed by atoms with E-state index < -0.39 is 29.4 Å². The maximum absolute atomic E-state index is 13.0. The SMILES string of the molecule is COC(=O)c1cc2nc(C3CCC(CO)CC3)sc2cc1NC(=O)c1cccc(C(F)(F)F)n1. The van der Waals surface area contributed by atoms with Crippen LogP contribution in [0.15, 0.2) is 30.3 Å². The van der Waals surface area contributed by atoms with E-state index in [1.165, 1.54) is 24.5 Å². The maximum Gasteiger partial charge on any atom is 0.433 e. The Balaban J connectivity index is 1.65. The number of carbonyl (C=O) groups excluding carboxylic acids is 2. The molecule has 0 radical (unpaired) electrons. The second kappa shape index (κ2) is 9.67. The molecule has 0 spiro atoms. The van der Waals surface area contributed by atoms with Gasteiger partial charge >= 0.3 is 12.1 Å². The van der Waals surface area contributed by atoms with Gasteiger partial charge in [0.05, 0.1) is 33.6 Å². The molecule has 1 fully saturated rings. The van der Waals surface area contributed by atoms with Gasteiger partial charge in [0.25, 0.3) is 5.91 Å². The van der Waals surface area contributed by atoms with E-state index in [2.05, 4.69) is 15.3 Å². The molecule has 3 aromatic rings. The van der Waals surface area contributed by atoms with Crippen LogP contribution in [0, 0.1) is 5.92 Å². The number of pyridine rings is 1. The number of esters is 1. The standard InChI is InChI=1S/C23H22F3N3O4S/c1-33-22(32)14-9-17-18(34-21(29-17)13-7-5-12(11-30)6-8-13)10-16(14)28-20(31)15-3-2-4-19(27-15)23(24,25)26/h2-4,9-10,12-13,30H,5-8,11H2,1H3,(H,28,31). The molecule has 7 nitrogen and oxygen atoms in total. The zero-order valence-electron chi connectivity index (χ0n) is 18.2. The number of anilines is 1. The highest BCUT2D eigenvalue weighted by Crippen LogP contribution is 2.40. The van der Waals surface area contributed by atoms with Gasteiger partial charge in [0.2, 0.25) is 0 Å². The molecule has 2 heterocycles. The van der Waals surface area contributed by atoms with Crippen molar-refractivity contribution in [3.8, 4) is 0 Å². The zero-order valence-corrected chi connectivity index (χ0v) is 19.0. The number of amides is 1. The molecule has 0 bridgehead atoms. The molecule has 0 saturated heterocycles. The number of nitrogens with one attached hydrogen (secondary N) is 1. The van der Waals surface area contributed by atoms with Crippen LogP contribution in [0.1, 0.15) is 63.1 Å². The van der Waals surface area contributed by atoms with Crippen molar-refractivity contribution in [2.75, 3.05) is 19.0 Å². The maximum atomic E-state index is 13.0. The predicted molar refractivity (Wildman–Crippen MR) is 120 cm³/mol. The molecule has 1 amide bonds. The summed E-state index contributed by atoms with van der Waals surface area (Å²) in [6.45, 7) is 0.179. The molecule has 1 aliphatic carbocycles. The molecule has 1 aliphatic rings. The van der Waals surface area contributed by atoms with Gasteiger partial charge in [-0.2, -0.15) is 13.2 Å². The molecule has 2 N–H and O–H groups in total. The summed E-state index contributed by atoms with van der Waals surface area (Å²) in [6, 6.07) is 6.11. The van der Waals surface area contributed by atoms with Crippen LogP contribution in [0.4, 0.5) is 18.9 Å². The average Bonchev–Trinajstić information content (AvgIpc) is 3.25. The second-order valence-corrected chi connectivity index (χ2v) is 9.23. The Bertz CT molecular complexity index is 1220. The number of hydrogen-bond acceptors (Lipinski definition) is 7. The summed E-state index contributed by atoms with van der Waals surface area (Å²) in [5.41, 5.74) is -0.915. The first-order valence-corrected chi connectivity index (χ1v) is 11.5. The van der Waals surface area contributed by atoms with E-state index in [1.807, 2.05) is 0 Å². The van der Waals surface area contributed by atoms with Crippen molar-refractivity contribution in [2.45, 2.75) is 37.8 Å². The second-order valence-electron chi connectivity index (χ2n) is 8.17. The zero-order chi connectivity index (χ0) is 24.5. The van der Waals surface area contributed by atoms with Gasteiger partial charge in [-0.1, -0.05) is 6.07 Å². The van der Waals surface area contributed by atoms with Crippen molar-refractivity contribution < 1.29 is 32.6 Å². The van der Waals surface area contributed by atoms with Crippen molar-refractivity contribution in [2.24, 2.45) is 5.92 Å². The molecule has 4 rings (SSSR count). The number of hydrogen-bond donors (Lipinski definition) is 2. The molecule has 34 heavy (non-hydrogen) atoms. The minimum atomic E-state index is -4.69. The number of fused-ring (bicyclic) bond motifs is 1. The highest BCUT2D eigenvalue weighted by Gasteiger charge is 2.33. The van der Waals surface area contributed by atoms with Crippen molar-refractivity contribution in [3.63, 3.8) is 0 Å². The number of aliphatic hydroxyl groups is 1. The summed E-state index contributed by atoms with van der Waals surface area (Å²) in [7, 11) is 1.19. The fraction of sp³-hybridized carbons (Fsp3) is 0.391. The van der Waals surface area contributed by atoms with E-state index >= 15 is 0 Å². The molecule has 11 heteroatoms. The lowest BCUT2D eigenvalue weighted by atomic mass is 9.83. The topological polar surface area (TPSA) is 101 Å². The Morgan fingerprint density at radius 2 is 1.91 bits per heavy atom. The number of aliphatic hydroxyl groups excluding tert-OH is 1. The number of halogens is 3. The van der Waals surface area contributed by atoms with Gasteiger partial charge in [-0.25, -0.2) is 14.8 Å². The van der Waals surface area contributed by atoms with Crippen molar-refractivity contribution in [1.29, 1.82) is 0 Å². The van der Waals surface area contributed by atoms with Crippen LogP contribution in [0.5, 0.6) is 0 Å². The summed E-state index contributed by atoms with van der Waals surface area (Å²) < 4.78 is 44.5. The van der Waals surface area contributed by atoms with E-state index in [0.717, 1.165) is 53.6 Å². The lowest BCUT2D eigenvalue weighted by molar-refractivity contribution is -0.141. The molecule has 180 valence electrons.